The first-order chi connectivity index (χ1) is 6.73. The zero-order chi connectivity index (χ0) is 11.8. The molecule has 3 heteroatoms. The van der Waals surface area contributed by atoms with Crippen molar-refractivity contribution in [3.05, 3.63) is 33.3 Å². The molecule has 1 nitrogen and oxygen atoms in total. The van der Waals surface area contributed by atoms with Crippen LogP contribution in [-0.4, -0.2) is 5.78 Å². The lowest BCUT2D eigenvalue weighted by Gasteiger charge is -2.22. The SMILES string of the molecule is CC(=O)c1cc(Cl)cc(C(C)(C)C)c1Cl. The fraction of sp³-hybridized carbons (Fsp3) is 0.417. The van der Waals surface area contributed by atoms with Crippen LogP contribution in [0.1, 0.15) is 43.6 Å². The summed E-state index contributed by atoms with van der Waals surface area (Å²) >= 11 is 12.1. The average Bonchev–Trinajstić information content (AvgIpc) is 2.06. The average molecular weight is 245 g/mol. The molecule has 0 saturated heterocycles. The molecule has 0 aromatic heterocycles. The number of benzene rings is 1. The summed E-state index contributed by atoms with van der Waals surface area (Å²) in [4.78, 5) is 11.4. The molecule has 0 amide bonds. The molecule has 82 valence electrons. The van der Waals surface area contributed by atoms with Crippen molar-refractivity contribution in [2.24, 2.45) is 0 Å². The smallest absolute Gasteiger partial charge is 0.161 e. The zero-order valence-corrected chi connectivity index (χ0v) is 10.8. The fourth-order valence-corrected chi connectivity index (χ4v) is 2.14. The number of carbonyl (C=O) groups excluding carboxylic acids is 1. The van der Waals surface area contributed by atoms with Gasteiger partial charge in [-0.1, -0.05) is 44.0 Å². The van der Waals surface area contributed by atoms with Crippen molar-refractivity contribution in [1.82, 2.24) is 0 Å². The molecule has 0 aliphatic carbocycles. The number of hydrogen-bond acceptors (Lipinski definition) is 1. The zero-order valence-electron chi connectivity index (χ0n) is 9.32. The summed E-state index contributed by atoms with van der Waals surface area (Å²) in [5.41, 5.74) is 1.28. The van der Waals surface area contributed by atoms with Gasteiger partial charge >= 0.3 is 0 Å². The molecule has 0 N–H and O–H groups in total. The molecule has 1 aromatic rings. The first-order valence-electron chi connectivity index (χ1n) is 4.74. The highest BCUT2D eigenvalue weighted by atomic mass is 35.5. The van der Waals surface area contributed by atoms with Crippen molar-refractivity contribution in [3.63, 3.8) is 0 Å². The number of ketones is 1. The third-order valence-corrected chi connectivity index (χ3v) is 2.85. The molecule has 15 heavy (non-hydrogen) atoms. The number of Topliss-reactive ketones (excluding diaryl/α,β-unsaturated/α-hetero) is 1. The Morgan fingerprint density at radius 2 is 1.73 bits per heavy atom. The molecule has 0 aliphatic heterocycles. The Labute approximate surface area is 100 Å². The second-order valence-corrected chi connectivity index (χ2v) is 5.44. The van der Waals surface area contributed by atoms with E-state index in [-0.39, 0.29) is 11.2 Å². The van der Waals surface area contributed by atoms with E-state index in [2.05, 4.69) is 0 Å². The first kappa shape index (κ1) is 12.5. The summed E-state index contributed by atoms with van der Waals surface area (Å²) in [5.74, 6) is -0.0620. The molecule has 0 aliphatic rings. The van der Waals surface area contributed by atoms with Gasteiger partial charge in [0.25, 0.3) is 0 Å². The van der Waals surface area contributed by atoms with Gasteiger partial charge in [0, 0.05) is 10.6 Å². The minimum Gasteiger partial charge on any atom is -0.294 e. The second kappa shape index (κ2) is 4.15. The standard InChI is InChI=1S/C12H14Cl2O/c1-7(15)9-5-8(13)6-10(11(9)14)12(2,3)4/h5-6H,1-4H3. The third-order valence-electron chi connectivity index (χ3n) is 2.22. The number of rotatable bonds is 1. The predicted octanol–water partition coefficient (Wildman–Crippen LogP) is 4.49. The Bertz CT molecular complexity index is 403. The van der Waals surface area contributed by atoms with Crippen LogP contribution in [0.25, 0.3) is 0 Å². The minimum atomic E-state index is -0.119. The van der Waals surface area contributed by atoms with E-state index in [0.29, 0.717) is 15.6 Å². The van der Waals surface area contributed by atoms with Gasteiger partial charge in [-0.2, -0.15) is 0 Å². The number of halogens is 2. The van der Waals surface area contributed by atoms with E-state index in [1.54, 1.807) is 6.07 Å². The highest BCUT2D eigenvalue weighted by Gasteiger charge is 2.21. The van der Waals surface area contributed by atoms with Crippen LogP contribution in [0.4, 0.5) is 0 Å². The summed E-state index contributed by atoms with van der Waals surface area (Å²) < 4.78 is 0. The van der Waals surface area contributed by atoms with Gasteiger partial charge in [0.2, 0.25) is 0 Å². The van der Waals surface area contributed by atoms with Crippen molar-refractivity contribution in [1.29, 1.82) is 0 Å². The fourth-order valence-electron chi connectivity index (χ4n) is 1.39. The largest absolute Gasteiger partial charge is 0.294 e. The maximum absolute atomic E-state index is 11.4. The lowest BCUT2D eigenvalue weighted by molar-refractivity contribution is 0.101. The molecule has 0 spiro atoms. The van der Waals surface area contributed by atoms with Crippen molar-refractivity contribution in [2.45, 2.75) is 33.1 Å². The van der Waals surface area contributed by atoms with E-state index in [9.17, 15) is 4.79 Å². The lowest BCUT2D eigenvalue weighted by atomic mass is 9.85. The van der Waals surface area contributed by atoms with Crippen molar-refractivity contribution < 1.29 is 4.79 Å². The quantitative estimate of drug-likeness (QED) is 0.666. The van der Waals surface area contributed by atoms with Crippen LogP contribution in [0.5, 0.6) is 0 Å². The Morgan fingerprint density at radius 1 is 1.20 bits per heavy atom. The Morgan fingerprint density at radius 3 is 2.13 bits per heavy atom. The van der Waals surface area contributed by atoms with Gasteiger partial charge < -0.3 is 0 Å². The van der Waals surface area contributed by atoms with Crippen molar-refractivity contribution >= 4 is 29.0 Å². The molecule has 0 bridgehead atoms. The lowest BCUT2D eigenvalue weighted by Crippen LogP contribution is -2.13. The van der Waals surface area contributed by atoms with Gasteiger partial charge in [-0.25, -0.2) is 0 Å². The predicted molar refractivity (Wildman–Crippen MR) is 65.2 cm³/mol. The van der Waals surface area contributed by atoms with E-state index in [1.165, 1.54) is 6.92 Å². The number of hydrogen-bond donors (Lipinski definition) is 0. The van der Waals surface area contributed by atoms with Gasteiger partial charge in [0.05, 0.1) is 5.02 Å². The van der Waals surface area contributed by atoms with Crippen LogP contribution in [0.15, 0.2) is 12.1 Å². The van der Waals surface area contributed by atoms with Crippen LogP contribution in [0, 0.1) is 0 Å². The monoisotopic (exact) mass is 244 g/mol. The summed E-state index contributed by atoms with van der Waals surface area (Å²) in [6, 6.07) is 3.43. The Balaban J connectivity index is 3.49. The van der Waals surface area contributed by atoms with Crippen LogP contribution in [-0.2, 0) is 5.41 Å². The van der Waals surface area contributed by atoms with E-state index >= 15 is 0 Å². The Hall–Kier alpha value is -0.530. The minimum absolute atomic E-state index is 0.0620. The number of carbonyl (C=O) groups is 1. The van der Waals surface area contributed by atoms with Crippen LogP contribution >= 0.6 is 23.2 Å². The molecule has 1 rings (SSSR count). The first-order valence-corrected chi connectivity index (χ1v) is 5.49. The van der Waals surface area contributed by atoms with E-state index in [1.807, 2.05) is 26.8 Å². The summed E-state index contributed by atoms with van der Waals surface area (Å²) in [7, 11) is 0. The molecule has 0 atom stereocenters. The topological polar surface area (TPSA) is 17.1 Å². The molecule has 1 aromatic carbocycles. The molecule has 0 radical (unpaired) electrons. The Kier molecular flexibility index (Phi) is 3.47. The van der Waals surface area contributed by atoms with Gasteiger partial charge in [-0.3, -0.25) is 4.79 Å². The van der Waals surface area contributed by atoms with Crippen LogP contribution in [0.3, 0.4) is 0 Å². The van der Waals surface area contributed by atoms with E-state index in [0.717, 1.165) is 5.56 Å². The molecule has 0 saturated carbocycles. The highest BCUT2D eigenvalue weighted by Crippen LogP contribution is 2.34. The van der Waals surface area contributed by atoms with Crippen molar-refractivity contribution in [3.8, 4) is 0 Å². The van der Waals surface area contributed by atoms with Gasteiger partial charge in [0.15, 0.2) is 5.78 Å². The summed E-state index contributed by atoms with van der Waals surface area (Å²) in [5, 5.41) is 1.06. The van der Waals surface area contributed by atoms with Crippen LogP contribution in [0.2, 0.25) is 10.0 Å². The van der Waals surface area contributed by atoms with Gasteiger partial charge in [0.1, 0.15) is 0 Å². The van der Waals surface area contributed by atoms with E-state index < -0.39 is 0 Å². The maximum Gasteiger partial charge on any atom is 0.161 e. The van der Waals surface area contributed by atoms with Crippen LogP contribution < -0.4 is 0 Å². The van der Waals surface area contributed by atoms with Crippen molar-refractivity contribution in [2.75, 3.05) is 0 Å². The highest BCUT2D eigenvalue weighted by molar-refractivity contribution is 6.36. The molecule has 0 heterocycles. The van der Waals surface area contributed by atoms with Gasteiger partial charge in [-0.05, 0) is 30.0 Å². The maximum atomic E-state index is 11.4. The van der Waals surface area contributed by atoms with Gasteiger partial charge in [-0.15, -0.1) is 0 Å². The third kappa shape index (κ3) is 2.73. The summed E-state index contributed by atoms with van der Waals surface area (Å²) in [6.07, 6.45) is 0. The molecule has 0 unspecified atom stereocenters. The molecule has 0 fully saturated rings. The molecular weight excluding hydrogens is 231 g/mol. The summed E-state index contributed by atoms with van der Waals surface area (Å²) in [6.45, 7) is 7.60. The normalized spacial score (nSPS) is 11.6. The second-order valence-electron chi connectivity index (χ2n) is 4.62. The van der Waals surface area contributed by atoms with E-state index in [4.69, 9.17) is 23.2 Å². The molecular formula is C12H14Cl2O.